The van der Waals surface area contributed by atoms with Gasteiger partial charge in [0.05, 0.1) is 10.0 Å². The summed E-state index contributed by atoms with van der Waals surface area (Å²) in [5, 5.41) is 1.02. The van der Waals surface area contributed by atoms with Crippen LogP contribution < -0.4 is 0 Å². The van der Waals surface area contributed by atoms with Gasteiger partial charge in [0.25, 0.3) is 0 Å². The number of hydrogen-bond donors (Lipinski definition) is 0. The Hall–Kier alpha value is -0.480. The molecule has 5 heteroatoms. The van der Waals surface area contributed by atoms with Crippen LogP contribution in [-0.2, 0) is 0 Å². The average Bonchev–Trinajstić information content (AvgIpc) is 2.34. The van der Waals surface area contributed by atoms with E-state index < -0.39 is 0 Å². The Morgan fingerprint density at radius 2 is 1.83 bits per heavy atom. The molecule has 0 unspecified atom stereocenters. The molecule has 0 fully saturated rings. The molecule has 0 N–H and O–H groups in total. The molecule has 0 aliphatic carbocycles. The van der Waals surface area contributed by atoms with Gasteiger partial charge in [-0.15, -0.1) is 0 Å². The molecular weight excluding hydrogens is 355 g/mol. The van der Waals surface area contributed by atoms with Gasteiger partial charge < -0.3 is 0 Å². The fourth-order valence-corrected chi connectivity index (χ4v) is 3.22. The summed E-state index contributed by atoms with van der Waals surface area (Å²) in [7, 11) is 0. The van der Waals surface area contributed by atoms with Crippen molar-refractivity contribution in [3.05, 3.63) is 56.5 Å². The van der Waals surface area contributed by atoms with E-state index in [-0.39, 0.29) is 0 Å². The fraction of sp³-hybridized carbons (Fsp3) is 0. The van der Waals surface area contributed by atoms with E-state index in [1.165, 1.54) is 11.8 Å². The quantitative estimate of drug-likeness (QED) is 0.650. The number of hydrogen-bond acceptors (Lipinski definition) is 2. The van der Waals surface area contributed by atoms with Crippen molar-refractivity contribution in [3.8, 4) is 0 Å². The van der Waals surface area contributed by atoms with Crippen molar-refractivity contribution in [3.63, 3.8) is 0 Å². The number of rotatable bonds is 3. The standard InChI is InChI=1S/C13H7BrCl2OS/c14-9-2-1-8(7-17)13(5-9)18-10-3-4-11(15)12(16)6-10/h1-7H. The molecule has 92 valence electrons. The minimum Gasteiger partial charge on any atom is -0.298 e. The van der Waals surface area contributed by atoms with Gasteiger partial charge in [0.1, 0.15) is 0 Å². The van der Waals surface area contributed by atoms with Crippen molar-refractivity contribution in [2.75, 3.05) is 0 Å². The van der Waals surface area contributed by atoms with Crippen molar-refractivity contribution in [2.45, 2.75) is 9.79 Å². The molecule has 0 bridgehead atoms. The van der Waals surface area contributed by atoms with Gasteiger partial charge in [-0.25, -0.2) is 0 Å². The Labute approximate surface area is 128 Å². The Morgan fingerprint density at radius 3 is 2.50 bits per heavy atom. The Balaban J connectivity index is 2.35. The van der Waals surface area contributed by atoms with Crippen LogP contribution >= 0.6 is 50.9 Å². The topological polar surface area (TPSA) is 17.1 Å². The largest absolute Gasteiger partial charge is 0.298 e. The van der Waals surface area contributed by atoms with Crippen LogP contribution in [0.1, 0.15) is 10.4 Å². The van der Waals surface area contributed by atoms with Gasteiger partial charge in [0.2, 0.25) is 0 Å². The normalized spacial score (nSPS) is 10.4. The van der Waals surface area contributed by atoms with Crippen LogP contribution in [0.25, 0.3) is 0 Å². The number of carbonyl (C=O) groups excluding carboxylic acids is 1. The molecule has 0 saturated heterocycles. The van der Waals surface area contributed by atoms with Crippen molar-refractivity contribution in [1.82, 2.24) is 0 Å². The highest BCUT2D eigenvalue weighted by Gasteiger charge is 2.06. The molecule has 0 heterocycles. The lowest BCUT2D eigenvalue weighted by atomic mass is 10.2. The van der Waals surface area contributed by atoms with Crippen LogP contribution in [0, 0.1) is 0 Å². The minimum atomic E-state index is 0.504. The highest BCUT2D eigenvalue weighted by Crippen LogP contribution is 2.35. The molecule has 0 atom stereocenters. The third kappa shape index (κ3) is 3.29. The lowest BCUT2D eigenvalue weighted by molar-refractivity contribution is 0.112. The molecule has 0 saturated carbocycles. The molecule has 0 radical (unpaired) electrons. The summed E-state index contributed by atoms with van der Waals surface area (Å²) in [6, 6.07) is 10.9. The number of halogens is 3. The Morgan fingerprint density at radius 1 is 1.06 bits per heavy atom. The third-order valence-corrected chi connectivity index (χ3v) is 4.52. The summed E-state index contributed by atoms with van der Waals surface area (Å²) < 4.78 is 0.927. The van der Waals surface area contributed by atoms with Crippen LogP contribution in [-0.4, -0.2) is 6.29 Å². The van der Waals surface area contributed by atoms with Gasteiger partial charge in [-0.2, -0.15) is 0 Å². The van der Waals surface area contributed by atoms with E-state index >= 15 is 0 Å². The maximum atomic E-state index is 11.0. The van der Waals surface area contributed by atoms with Crippen molar-refractivity contribution in [2.24, 2.45) is 0 Å². The van der Waals surface area contributed by atoms with E-state index in [9.17, 15) is 4.79 Å². The summed E-state index contributed by atoms with van der Waals surface area (Å²) in [5.74, 6) is 0. The van der Waals surface area contributed by atoms with Crippen LogP contribution in [0.4, 0.5) is 0 Å². The number of aldehydes is 1. The van der Waals surface area contributed by atoms with Crippen LogP contribution in [0.5, 0.6) is 0 Å². The van der Waals surface area contributed by atoms with Crippen LogP contribution in [0.2, 0.25) is 10.0 Å². The van der Waals surface area contributed by atoms with E-state index in [0.29, 0.717) is 15.6 Å². The molecule has 0 amide bonds. The summed E-state index contributed by atoms with van der Waals surface area (Å²) in [6.45, 7) is 0. The highest BCUT2D eigenvalue weighted by molar-refractivity contribution is 9.10. The monoisotopic (exact) mass is 360 g/mol. The van der Waals surface area contributed by atoms with E-state index in [0.717, 1.165) is 20.5 Å². The first-order valence-electron chi connectivity index (χ1n) is 4.98. The molecule has 2 rings (SSSR count). The van der Waals surface area contributed by atoms with Crippen molar-refractivity contribution in [1.29, 1.82) is 0 Å². The zero-order valence-electron chi connectivity index (χ0n) is 8.99. The highest BCUT2D eigenvalue weighted by atomic mass is 79.9. The van der Waals surface area contributed by atoms with Crippen molar-refractivity contribution >= 4 is 57.2 Å². The second-order valence-corrected chi connectivity index (χ2v) is 6.32. The van der Waals surface area contributed by atoms with E-state index in [2.05, 4.69) is 15.9 Å². The van der Waals surface area contributed by atoms with E-state index in [1.54, 1.807) is 18.2 Å². The molecule has 18 heavy (non-hydrogen) atoms. The predicted molar refractivity (Wildman–Crippen MR) is 80.1 cm³/mol. The lowest BCUT2D eigenvalue weighted by Crippen LogP contribution is -1.85. The number of carbonyl (C=O) groups is 1. The zero-order chi connectivity index (χ0) is 13.1. The summed E-state index contributed by atoms with van der Waals surface area (Å²) in [5.41, 5.74) is 0.647. The lowest BCUT2D eigenvalue weighted by Gasteiger charge is -2.06. The van der Waals surface area contributed by atoms with Gasteiger partial charge in [-0.05, 0) is 36.4 Å². The average molecular weight is 362 g/mol. The molecule has 2 aromatic rings. The maximum absolute atomic E-state index is 11.0. The zero-order valence-corrected chi connectivity index (χ0v) is 12.9. The Kier molecular flexibility index (Phi) is 4.73. The van der Waals surface area contributed by atoms with Gasteiger partial charge in [0.15, 0.2) is 6.29 Å². The van der Waals surface area contributed by atoms with Crippen LogP contribution in [0.3, 0.4) is 0 Å². The second kappa shape index (κ2) is 6.11. The van der Waals surface area contributed by atoms with E-state index in [1.807, 2.05) is 18.2 Å². The molecule has 0 spiro atoms. The second-order valence-electron chi connectivity index (χ2n) is 3.48. The first-order valence-corrected chi connectivity index (χ1v) is 7.34. The molecule has 0 aliphatic rings. The first-order chi connectivity index (χ1) is 8.60. The summed E-state index contributed by atoms with van der Waals surface area (Å²) in [6.07, 6.45) is 0.840. The summed E-state index contributed by atoms with van der Waals surface area (Å²) >= 11 is 16.7. The fourth-order valence-electron chi connectivity index (χ4n) is 1.36. The first kappa shape index (κ1) is 13.9. The summed E-state index contributed by atoms with van der Waals surface area (Å²) in [4.78, 5) is 12.8. The predicted octanol–water partition coefficient (Wildman–Crippen LogP) is 5.72. The molecule has 2 aromatic carbocycles. The molecule has 0 aliphatic heterocycles. The van der Waals surface area contributed by atoms with Gasteiger partial charge in [-0.3, -0.25) is 4.79 Å². The molecular formula is C13H7BrCl2OS. The van der Waals surface area contributed by atoms with Gasteiger partial charge in [-0.1, -0.05) is 50.9 Å². The Bertz CT molecular complexity index is 602. The van der Waals surface area contributed by atoms with Crippen molar-refractivity contribution < 1.29 is 4.79 Å². The molecule has 0 aromatic heterocycles. The van der Waals surface area contributed by atoms with Gasteiger partial charge >= 0.3 is 0 Å². The number of benzene rings is 2. The SMILES string of the molecule is O=Cc1ccc(Br)cc1Sc1ccc(Cl)c(Cl)c1. The third-order valence-electron chi connectivity index (χ3n) is 2.22. The van der Waals surface area contributed by atoms with E-state index in [4.69, 9.17) is 23.2 Å². The smallest absolute Gasteiger partial charge is 0.151 e. The minimum absolute atomic E-state index is 0.504. The molecule has 1 nitrogen and oxygen atoms in total. The van der Waals surface area contributed by atoms with Gasteiger partial charge in [0, 0.05) is 19.8 Å². The maximum Gasteiger partial charge on any atom is 0.151 e. The van der Waals surface area contributed by atoms with Crippen LogP contribution in [0.15, 0.2) is 50.7 Å².